The van der Waals surface area contributed by atoms with Gasteiger partial charge >= 0.3 is 0 Å². The number of benzene rings is 1. The van der Waals surface area contributed by atoms with Gasteiger partial charge in [-0.15, -0.1) is 0 Å². The molecule has 1 aromatic carbocycles. The van der Waals surface area contributed by atoms with Crippen molar-refractivity contribution in [1.82, 2.24) is 15.5 Å². The monoisotopic (exact) mass is 285 g/mol. The van der Waals surface area contributed by atoms with Crippen molar-refractivity contribution >= 4 is 0 Å². The van der Waals surface area contributed by atoms with Crippen molar-refractivity contribution in [3.63, 3.8) is 0 Å². The number of nitrogens with one attached hydrogen (secondary N) is 1. The van der Waals surface area contributed by atoms with E-state index in [-0.39, 0.29) is 0 Å². The number of rotatable bonds is 3. The predicted octanol–water partition coefficient (Wildman–Crippen LogP) is 3.68. The molecule has 1 aliphatic carbocycles. The van der Waals surface area contributed by atoms with Gasteiger partial charge in [-0.25, -0.2) is 0 Å². The minimum atomic E-state index is 0.337. The van der Waals surface area contributed by atoms with Crippen molar-refractivity contribution in [2.75, 3.05) is 7.05 Å². The maximum atomic E-state index is 5.58. The Morgan fingerprint density at radius 3 is 2.86 bits per heavy atom. The fourth-order valence-corrected chi connectivity index (χ4v) is 3.24. The molecule has 4 heteroatoms. The molecule has 4 nitrogen and oxygen atoms in total. The van der Waals surface area contributed by atoms with Crippen molar-refractivity contribution in [3.8, 4) is 11.4 Å². The molecule has 2 aromatic rings. The first-order valence-electron chi connectivity index (χ1n) is 7.86. The van der Waals surface area contributed by atoms with Crippen LogP contribution >= 0.6 is 0 Å². The number of nitrogens with zero attached hydrogens (tertiary/aromatic N) is 2. The summed E-state index contributed by atoms with van der Waals surface area (Å²) in [5.41, 5.74) is 2.24. The van der Waals surface area contributed by atoms with Crippen LogP contribution in [-0.2, 0) is 0 Å². The third-order valence-corrected chi connectivity index (χ3v) is 4.42. The van der Waals surface area contributed by atoms with Crippen LogP contribution in [0.25, 0.3) is 11.4 Å². The Kier molecular flexibility index (Phi) is 4.34. The lowest BCUT2D eigenvalue weighted by Gasteiger charge is -2.20. The molecule has 3 rings (SSSR count). The summed E-state index contributed by atoms with van der Waals surface area (Å²) >= 11 is 0. The lowest BCUT2D eigenvalue weighted by atomic mass is 9.95. The maximum absolute atomic E-state index is 5.58. The molecule has 2 unspecified atom stereocenters. The second-order valence-corrected chi connectivity index (χ2v) is 5.97. The Morgan fingerprint density at radius 2 is 2.05 bits per heavy atom. The first-order chi connectivity index (χ1) is 10.3. The predicted molar refractivity (Wildman–Crippen MR) is 83.1 cm³/mol. The third kappa shape index (κ3) is 3.16. The summed E-state index contributed by atoms with van der Waals surface area (Å²) in [7, 11) is 2.03. The largest absolute Gasteiger partial charge is 0.339 e. The van der Waals surface area contributed by atoms with E-state index in [4.69, 9.17) is 4.52 Å². The summed E-state index contributed by atoms with van der Waals surface area (Å²) in [6, 6.07) is 8.68. The Labute approximate surface area is 126 Å². The fourth-order valence-electron chi connectivity index (χ4n) is 3.24. The van der Waals surface area contributed by atoms with E-state index in [1.807, 2.05) is 19.2 Å². The number of hydrogen-bond acceptors (Lipinski definition) is 4. The van der Waals surface area contributed by atoms with Gasteiger partial charge in [-0.1, -0.05) is 48.2 Å². The summed E-state index contributed by atoms with van der Waals surface area (Å²) in [4.78, 5) is 4.67. The second kappa shape index (κ2) is 6.39. The van der Waals surface area contributed by atoms with E-state index in [1.165, 1.54) is 31.2 Å². The lowest BCUT2D eigenvalue weighted by Crippen LogP contribution is -2.31. The highest BCUT2D eigenvalue weighted by Crippen LogP contribution is 2.32. The van der Waals surface area contributed by atoms with Gasteiger partial charge in [0.15, 0.2) is 0 Å². The topological polar surface area (TPSA) is 51.0 Å². The molecule has 1 aliphatic rings. The van der Waals surface area contributed by atoms with Crippen LogP contribution in [-0.4, -0.2) is 23.2 Å². The minimum Gasteiger partial charge on any atom is -0.339 e. The summed E-state index contributed by atoms with van der Waals surface area (Å²) in [6.45, 7) is 2.08. The molecule has 0 radical (unpaired) electrons. The molecular weight excluding hydrogens is 262 g/mol. The van der Waals surface area contributed by atoms with Crippen LogP contribution in [0.5, 0.6) is 0 Å². The SMILES string of the molecule is CNC1CCCCCC1c1nc(-c2cccc(C)c2)no1. The van der Waals surface area contributed by atoms with E-state index >= 15 is 0 Å². The van der Waals surface area contributed by atoms with E-state index in [1.54, 1.807) is 0 Å². The van der Waals surface area contributed by atoms with Gasteiger partial charge in [0.1, 0.15) is 0 Å². The number of aromatic nitrogens is 2. The van der Waals surface area contributed by atoms with Crippen LogP contribution in [0.1, 0.15) is 49.5 Å². The van der Waals surface area contributed by atoms with Gasteiger partial charge in [0.2, 0.25) is 11.7 Å². The van der Waals surface area contributed by atoms with Gasteiger partial charge < -0.3 is 9.84 Å². The van der Waals surface area contributed by atoms with Crippen molar-refractivity contribution in [2.45, 2.75) is 51.0 Å². The van der Waals surface area contributed by atoms with Gasteiger partial charge in [-0.2, -0.15) is 4.98 Å². The van der Waals surface area contributed by atoms with Crippen molar-refractivity contribution in [2.24, 2.45) is 0 Å². The molecule has 21 heavy (non-hydrogen) atoms. The quantitative estimate of drug-likeness (QED) is 0.874. The van der Waals surface area contributed by atoms with E-state index < -0.39 is 0 Å². The van der Waals surface area contributed by atoms with Crippen LogP contribution in [0.4, 0.5) is 0 Å². The molecule has 1 heterocycles. The summed E-state index contributed by atoms with van der Waals surface area (Å²) < 4.78 is 5.58. The van der Waals surface area contributed by atoms with Crippen LogP contribution in [0.3, 0.4) is 0 Å². The lowest BCUT2D eigenvalue weighted by molar-refractivity contribution is 0.311. The van der Waals surface area contributed by atoms with E-state index in [0.29, 0.717) is 17.8 Å². The van der Waals surface area contributed by atoms with Crippen molar-refractivity contribution in [1.29, 1.82) is 0 Å². The number of aryl methyl sites for hydroxylation is 1. The van der Waals surface area contributed by atoms with Crippen LogP contribution in [0.15, 0.2) is 28.8 Å². The molecule has 112 valence electrons. The standard InChI is InChI=1S/C17H23N3O/c1-12-7-6-8-13(11-12)16-19-17(21-20-16)14-9-4-3-5-10-15(14)18-2/h6-8,11,14-15,18H,3-5,9-10H2,1-2H3. The molecule has 0 amide bonds. The van der Waals surface area contributed by atoms with E-state index in [0.717, 1.165) is 17.9 Å². The molecule has 1 saturated carbocycles. The fraction of sp³-hybridized carbons (Fsp3) is 0.529. The molecule has 0 saturated heterocycles. The molecule has 1 N–H and O–H groups in total. The highest BCUT2D eigenvalue weighted by molar-refractivity contribution is 5.55. The average molecular weight is 285 g/mol. The number of hydrogen-bond donors (Lipinski definition) is 1. The first-order valence-corrected chi connectivity index (χ1v) is 7.86. The van der Waals surface area contributed by atoms with Gasteiger partial charge in [-0.05, 0) is 32.9 Å². The summed E-state index contributed by atoms with van der Waals surface area (Å²) in [6.07, 6.45) is 6.13. The smallest absolute Gasteiger partial charge is 0.231 e. The van der Waals surface area contributed by atoms with Crippen LogP contribution in [0.2, 0.25) is 0 Å². The molecule has 2 atom stereocenters. The Bertz CT molecular complexity index is 593. The Balaban J connectivity index is 1.86. The van der Waals surface area contributed by atoms with Crippen LogP contribution < -0.4 is 5.32 Å². The summed E-state index contributed by atoms with van der Waals surface area (Å²) in [5.74, 6) is 1.82. The van der Waals surface area contributed by atoms with Gasteiger partial charge in [0, 0.05) is 11.6 Å². The van der Waals surface area contributed by atoms with Crippen molar-refractivity contribution < 1.29 is 4.52 Å². The second-order valence-electron chi connectivity index (χ2n) is 5.97. The zero-order valence-electron chi connectivity index (χ0n) is 12.8. The minimum absolute atomic E-state index is 0.337. The zero-order chi connectivity index (χ0) is 14.7. The highest BCUT2D eigenvalue weighted by Gasteiger charge is 2.28. The maximum Gasteiger partial charge on any atom is 0.231 e. The first kappa shape index (κ1) is 14.3. The zero-order valence-corrected chi connectivity index (χ0v) is 12.8. The van der Waals surface area contributed by atoms with Crippen molar-refractivity contribution in [3.05, 3.63) is 35.7 Å². The van der Waals surface area contributed by atoms with Crippen LogP contribution in [0, 0.1) is 6.92 Å². The molecule has 0 spiro atoms. The highest BCUT2D eigenvalue weighted by atomic mass is 16.5. The van der Waals surface area contributed by atoms with Gasteiger partial charge in [-0.3, -0.25) is 0 Å². The molecule has 1 fully saturated rings. The summed E-state index contributed by atoms with van der Waals surface area (Å²) in [5, 5.41) is 7.61. The molecule has 0 aliphatic heterocycles. The molecule has 0 bridgehead atoms. The number of likely N-dealkylation sites (N-methyl/N-ethyl adjacent to an activating group) is 1. The average Bonchev–Trinajstić information content (AvgIpc) is 2.86. The molecular formula is C17H23N3O. The normalized spacial score (nSPS) is 23.0. The molecule has 1 aromatic heterocycles. The Hall–Kier alpha value is -1.68. The van der Waals surface area contributed by atoms with Gasteiger partial charge in [0.25, 0.3) is 0 Å². The Morgan fingerprint density at radius 1 is 1.19 bits per heavy atom. The van der Waals surface area contributed by atoms with E-state index in [9.17, 15) is 0 Å². The van der Waals surface area contributed by atoms with Gasteiger partial charge in [0.05, 0.1) is 5.92 Å². The van der Waals surface area contributed by atoms with E-state index in [2.05, 4.69) is 34.5 Å². The third-order valence-electron chi connectivity index (χ3n) is 4.42.